The van der Waals surface area contributed by atoms with Crippen LogP contribution in [0, 0.1) is 0 Å². The Morgan fingerprint density at radius 1 is 1.08 bits per heavy atom. The van der Waals surface area contributed by atoms with Crippen LogP contribution in [0.1, 0.15) is 23.2 Å². The van der Waals surface area contributed by atoms with Crippen molar-refractivity contribution in [3.05, 3.63) is 54.4 Å². The third-order valence-electron chi connectivity index (χ3n) is 3.96. The van der Waals surface area contributed by atoms with Crippen LogP contribution in [0.4, 0.5) is 11.4 Å². The van der Waals surface area contributed by atoms with E-state index in [0.29, 0.717) is 5.56 Å². The molecule has 0 saturated carbocycles. The van der Waals surface area contributed by atoms with Crippen molar-refractivity contribution in [1.82, 2.24) is 10.3 Å². The van der Waals surface area contributed by atoms with Gasteiger partial charge in [-0.1, -0.05) is 0 Å². The molecule has 0 atom stereocenters. The minimum Gasteiger partial charge on any atom is -0.372 e. The second kappa shape index (κ2) is 7.59. The number of carbonyl (C=O) groups is 2. The highest BCUT2D eigenvalue weighted by molar-refractivity contribution is 5.99. The smallest absolute Gasteiger partial charge is 0.253 e. The Labute approximate surface area is 140 Å². The maximum absolute atomic E-state index is 11.9. The van der Waals surface area contributed by atoms with Crippen LogP contribution >= 0.6 is 0 Å². The minimum absolute atomic E-state index is 0.0817. The number of hydrogen-bond donors (Lipinski definition) is 2. The molecule has 2 N–H and O–H groups in total. The van der Waals surface area contributed by atoms with Crippen molar-refractivity contribution < 1.29 is 9.59 Å². The van der Waals surface area contributed by atoms with E-state index in [1.54, 1.807) is 18.3 Å². The van der Waals surface area contributed by atoms with Gasteiger partial charge >= 0.3 is 0 Å². The zero-order valence-corrected chi connectivity index (χ0v) is 13.4. The Morgan fingerprint density at radius 2 is 1.83 bits per heavy atom. The summed E-state index contributed by atoms with van der Waals surface area (Å²) in [7, 11) is 0. The summed E-state index contributed by atoms with van der Waals surface area (Å²) in [5, 5.41) is 5.35. The van der Waals surface area contributed by atoms with Crippen molar-refractivity contribution in [2.45, 2.75) is 12.8 Å². The summed E-state index contributed by atoms with van der Waals surface area (Å²) >= 11 is 0. The number of pyridine rings is 1. The Balaban J connectivity index is 1.48. The Morgan fingerprint density at radius 3 is 2.50 bits per heavy atom. The Hall–Kier alpha value is -2.89. The molecule has 0 aliphatic carbocycles. The van der Waals surface area contributed by atoms with Gasteiger partial charge in [-0.15, -0.1) is 0 Å². The Kier molecular flexibility index (Phi) is 5.05. The average molecular weight is 324 g/mol. The second-order valence-corrected chi connectivity index (χ2v) is 5.71. The number of hydrogen-bond acceptors (Lipinski definition) is 4. The topological polar surface area (TPSA) is 74.3 Å². The van der Waals surface area contributed by atoms with Crippen LogP contribution in [0.5, 0.6) is 0 Å². The van der Waals surface area contributed by atoms with Gasteiger partial charge in [0.05, 0.1) is 12.1 Å². The number of aromatic nitrogens is 1. The van der Waals surface area contributed by atoms with E-state index in [0.717, 1.165) is 18.8 Å². The lowest BCUT2D eigenvalue weighted by molar-refractivity contribution is -0.115. The monoisotopic (exact) mass is 324 g/mol. The number of nitrogens with zero attached hydrogens (tertiary/aromatic N) is 2. The fourth-order valence-corrected chi connectivity index (χ4v) is 2.70. The third-order valence-corrected chi connectivity index (χ3v) is 3.96. The summed E-state index contributed by atoms with van der Waals surface area (Å²) < 4.78 is 0. The molecule has 0 spiro atoms. The molecule has 1 saturated heterocycles. The van der Waals surface area contributed by atoms with Crippen LogP contribution in [-0.2, 0) is 4.79 Å². The number of carbonyl (C=O) groups excluding carboxylic acids is 2. The SMILES string of the molecule is O=C(CNC(=O)c1cccnc1)Nc1ccc(N2CCCC2)cc1. The quantitative estimate of drug-likeness (QED) is 0.883. The molecule has 2 aromatic rings. The number of benzene rings is 1. The van der Waals surface area contributed by atoms with Gasteiger partial charge in [0, 0.05) is 36.9 Å². The standard InChI is InChI=1S/C18H20N4O2/c23-17(13-20-18(24)14-4-3-9-19-12-14)21-15-5-7-16(8-6-15)22-10-1-2-11-22/h3-9,12H,1-2,10-11,13H2,(H,20,24)(H,21,23). The number of nitrogens with one attached hydrogen (secondary N) is 2. The fraction of sp³-hybridized carbons (Fsp3) is 0.278. The van der Waals surface area contributed by atoms with E-state index in [9.17, 15) is 9.59 Å². The molecule has 0 bridgehead atoms. The van der Waals surface area contributed by atoms with Crippen molar-refractivity contribution in [3.8, 4) is 0 Å². The molecule has 2 amide bonds. The zero-order chi connectivity index (χ0) is 16.8. The molecule has 0 unspecified atom stereocenters. The largest absolute Gasteiger partial charge is 0.372 e. The van der Waals surface area contributed by atoms with Crippen LogP contribution < -0.4 is 15.5 Å². The van der Waals surface area contributed by atoms with Gasteiger partial charge in [0.2, 0.25) is 5.91 Å². The highest BCUT2D eigenvalue weighted by atomic mass is 16.2. The van der Waals surface area contributed by atoms with Crippen molar-refractivity contribution in [1.29, 1.82) is 0 Å². The molecule has 24 heavy (non-hydrogen) atoms. The number of anilines is 2. The number of rotatable bonds is 5. The van der Waals surface area contributed by atoms with Gasteiger partial charge in [0.15, 0.2) is 0 Å². The van der Waals surface area contributed by atoms with Gasteiger partial charge in [-0.3, -0.25) is 14.6 Å². The lowest BCUT2D eigenvalue weighted by atomic mass is 10.2. The molecule has 6 heteroatoms. The molecule has 2 heterocycles. The highest BCUT2D eigenvalue weighted by Crippen LogP contribution is 2.21. The van der Waals surface area contributed by atoms with E-state index < -0.39 is 0 Å². The molecule has 3 rings (SSSR count). The van der Waals surface area contributed by atoms with Crippen molar-refractivity contribution in [3.63, 3.8) is 0 Å². The predicted octanol–water partition coefficient (Wildman–Crippen LogP) is 2.05. The van der Waals surface area contributed by atoms with E-state index in [2.05, 4.69) is 20.5 Å². The fourth-order valence-electron chi connectivity index (χ4n) is 2.70. The maximum atomic E-state index is 11.9. The second-order valence-electron chi connectivity index (χ2n) is 5.71. The lowest BCUT2D eigenvalue weighted by Gasteiger charge is -2.17. The third kappa shape index (κ3) is 4.10. The van der Waals surface area contributed by atoms with Crippen molar-refractivity contribution in [2.75, 3.05) is 29.9 Å². The maximum Gasteiger partial charge on any atom is 0.253 e. The number of amides is 2. The molecule has 1 aromatic carbocycles. The molecule has 1 aliphatic rings. The summed E-state index contributed by atoms with van der Waals surface area (Å²) in [5.74, 6) is -0.580. The molecular formula is C18H20N4O2. The predicted molar refractivity (Wildman–Crippen MR) is 93.1 cm³/mol. The summed E-state index contributed by atoms with van der Waals surface area (Å²) in [6.07, 6.45) is 5.52. The highest BCUT2D eigenvalue weighted by Gasteiger charge is 2.12. The first-order valence-corrected chi connectivity index (χ1v) is 8.05. The lowest BCUT2D eigenvalue weighted by Crippen LogP contribution is -2.32. The minimum atomic E-state index is -0.317. The first kappa shape index (κ1) is 16.0. The van der Waals surface area contributed by atoms with E-state index >= 15 is 0 Å². The van der Waals surface area contributed by atoms with Gasteiger partial charge in [-0.05, 0) is 49.2 Å². The molecule has 6 nitrogen and oxygen atoms in total. The molecule has 124 valence electrons. The van der Waals surface area contributed by atoms with Crippen LogP contribution in [0.3, 0.4) is 0 Å². The molecule has 1 aromatic heterocycles. The van der Waals surface area contributed by atoms with Crippen molar-refractivity contribution in [2.24, 2.45) is 0 Å². The van der Waals surface area contributed by atoms with E-state index in [1.165, 1.54) is 24.7 Å². The first-order chi connectivity index (χ1) is 11.7. The zero-order valence-electron chi connectivity index (χ0n) is 13.4. The van der Waals surface area contributed by atoms with Crippen molar-refractivity contribution >= 4 is 23.2 Å². The molecular weight excluding hydrogens is 304 g/mol. The molecule has 1 aliphatic heterocycles. The summed E-state index contributed by atoms with van der Waals surface area (Å²) in [4.78, 5) is 30.0. The summed E-state index contributed by atoms with van der Waals surface area (Å²) in [6, 6.07) is 11.1. The molecule has 0 radical (unpaired) electrons. The van der Waals surface area contributed by atoms with Gasteiger partial charge in [0.1, 0.15) is 0 Å². The normalized spacial score (nSPS) is 13.6. The van der Waals surface area contributed by atoms with E-state index in [4.69, 9.17) is 0 Å². The van der Waals surface area contributed by atoms with Gasteiger partial charge in [0.25, 0.3) is 5.91 Å². The van der Waals surface area contributed by atoms with Gasteiger partial charge in [-0.2, -0.15) is 0 Å². The Bertz CT molecular complexity index is 695. The summed E-state index contributed by atoms with van der Waals surface area (Å²) in [5.41, 5.74) is 2.33. The van der Waals surface area contributed by atoms with Crippen LogP contribution in [0.2, 0.25) is 0 Å². The first-order valence-electron chi connectivity index (χ1n) is 8.05. The van der Waals surface area contributed by atoms with Crippen LogP contribution in [-0.4, -0.2) is 36.4 Å². The van der Waals surface area contributed by atoms with Gasteiger partial charge < -0.3 is 15.5 Å². The van der Waals surface area contributed by atoms with Crippen LogP contribution in [0.25, 0.3) is 0 Å². The van der Waals surface area contributed by atoms with E-state index in [1.807, 2.05) is 24.3 Å². The summed E-state index contributed by atoms with van der Waals surface area (Å²) in [6.45, 7) is 2.10. The molecule has 1 fully saturated rings. The van der Waals surface area contributed by atoms with Gasteiger partial charge in [-0.25, -0.2) is 0 Å². The van der Waals surface area contributed by atoms with E-state index in [-0.39, 0.29) is 18.4 Å². The average Bonchev–Trinajstić information content (AvgIpc) is 3.16. The van der Waals surface area contributed by atoms with Crippen LogP contribution in [0.15, 0.2) is 48.8 Å².